The molecule has 0 aromatic heterocycles. The summed E-state index contributed by atoms with van der Waals surface area (Å²) in [5.74, 6) is 0.328. The van der Waals surface area contributed by atoms with Crippen LogP contribution in [-0.4, -0.2) is 18.2 Å². The standard InChI is InChI=1S/C20H23BrN2O2/c1-14(15-8-6-5-7-9-15)22-23-19(24)13-25-18-11-10-16(12-17(18)21)20(2,3)4/h5-12H,13H2,1-4H3,(H,23,24)/b22-14-. The van der Waals surface area contributed by atoms with E-state index in [2.05, 4.69) is 47.2 Å². The summed E-state index contributed by atoms with van der Waals surface area (Å²) in [6.07, 6.45) is 0. The average Bonchev–Trinajstić information content (AvgIpc) is 2.58. The number of ether oxygens (including phenoxy) is 1. The molecular weight excluding hydrogens is 380 g/mol. The molecule has 0 fully saturated rings. The molecule has 2 rings (SSSR count). The minimum Gasteiger partial charge on any atom is -0.483 e. The Morgan fingerprint density at radius 1 is 1.16 bits per heavy atom. The molecule has 0 aliphatic heterocycles. The van der Waals surface area contributed by atoms with Crippen molar-refractivity contribution in [3.63, 3.8) is 0 Å². The Bertz CT molecular complexity index is 765. The Morgan fingerprint density at radius 3 is 2.44 bits per heavy atom. The van der Waals surface area contributed by atoms with Gasteiger partial charge in [-0.15, -0.1) is 0 Å². The van der Waals surface area contributed by atoms with E-state index in [-0.39, 0.29) is 17.9 Å². The first-order valence-electron chi connectivity index (χ1n) is 8.09. The molecule has 0 aliphatic carbocycles. The Kier molecular flexibility index (Phi) is 6.37. The van der Waals surface area contributed by atoms with Gasteiger partial charge in [0.1, 0.15) is 5.75 Å². The molecule has 1 N–H and O–H groups in total. The maximum atomic E-state index is 11.9. The van der Waals surface area contributed by atoms with Gasteiger partial charge in [0.25, 0.3) is 5.91 Å². The predicted octanol–water partition coefficient (Wildman–Crippen LogP) is 4.67. The van der Waals surface area contributed by atoms with Crippen molar-refractivity contribution in [1.29, 1.82) is 0 Å². The summed E-state index contributed by atoms with van der Waals surface area (Å²) in [7, 11) is 0. The Labute approximate surface area is 157 Å². The summed E-state index contributed by atoms with van der Waals surface area (Å²) in [4.78, 5) is 11.9. The molecule has 0 saturated heterocycles. The highest BCUT2D eigenvalue weighted by molar-refractivity contribution is 9.10. The number of carbonyl (C=O) groups is 1. The fourth-order valence-corrected chi connectivity index (χ4v) is 2.64. The van der Waals surface area contributed by atoms with E-state index in [0.29, 0.717) is 5.75 Å². The van der Waals surface area contributed by atoms with Gasteiger partial charge < -0.3 is 4.74 Å². The maximum absolute atomic E-state index is 11.9. The lowest BCUT2D eigenvalue weighted by Crippen LogP contribution is -2.25. The number of nitrogens with zero attached hydrogens (tertiary/aromatic N) is 1. The summed E-state index contributed by atoms with van der Waals surface area (Å²) in [6.45, 7) is 8.19. The molecule has 0 radical (unpaired) electrons. The minimum absolute atomic E-state index is 0.0576. The number of hydrazone groups is 1. The first-order chi connectivity index (χ1) is 11.8. The smallest absolute Gasteiger partial charge is 0.277 e. The third-order valence-electron chi connectivity index (χ3n) is 3.70. The lowest BCUT2D eigenvalue weighted by Gasteiger charge is -2.20. The molecule has 2 aromatic carbocycles. The second kappa shape index (κ2) is 8.30. The van der Waals surface area contributed by atoms with Gasteiger partial charge in [-0.2, -0.15) is 5.10 Å². The van der Waals surface area contributed by atoms with Crippen LogP contribution in [0.2, 0.25) is 0 Å². The summed E-state index contributed by atoms with van der Waals surface area (Å²) in [5.41, 5.74) is 5.47. The molecule has 0 unspecified atom stereocenters. The quantitative estimate of drug-likeness (QED) is 0.583. The number of hydrogen-bond acceptors (Lipinski definition) is 3. The third kappa shape index (κ3) is 5.71. The van der Waals surface area contributed by atoms with Gasteiger partial charge in [-0.25, -0.2) is 5.43 Å². The van der Waals surface area contributed by atoms with Gasteiger partial charge in [-0.05, 0) is 51.5 Å². The van der Waals surface area contributed by atoms with Crippen molar-refractivity contribution in [3.05, 3.63) is 64.1 Å². The van der Waals surface area contributed by atoms with Crippen molar-refractivity contribution < 1.29 is 9.53 Å². The number of amides is 1. The molecule has 0 spiro atoms. The van der Waals surface area contributed by atoms with Crippen molar-refractivity contribution in [1.82, 2.24) is 5.43 Å². The molecule has 0 bridgehead atoms. The molecular formula is C20H23BrN2O2. The van der Waals surface area contributed by atoms with Gasteiger partial charge in [0.2, 0.25) is 0 Å². The number of carbonyl (C=O) groups excluding carboxylic acids is 1. The van der Waals surface area contributed by atoms with Crippen LogP contribution in [0, 0.1) is 0 Å². The van der Waals surface area contributed by atoms with Crippen LogP contribution in [0.5, 0.6) is 5.75 Å². The van der Waals surface area contributed by atoms with E-state index in [9.17, 15) is 4.79 Å². The number of benzene rings is 2. The third-order valence-corrected chi connectivity index (χ3v) is 4.32. The van der Waals surface area contributed by atoms with Gasteiger partial charge in [0.15, 0.2) is 6.61 Å². The van der Waals surface area contributed by atoms with Gasteiger partial charge >= 0.3 is 0 Å². The molecule has 0 saturated carbocycles. The SMILES string of the molecule is C/C(=N/NC(=O)COc1ccc(C(C)(C)C)cc1Br)c1ccccc1. The normalized spacial score (nSPS) is 12.0. The maximum Gasteiger partial charge on any atom is 0.277 e. The van der Waals surface area contributed by atoms with Crippen molar-refractivity contribution in [2.24, 2.45) is 5.10 Å². The lowest BCUT2D eigenvalue weighted by molar-refractivity contribution is -0.123. The van der Waals surface area contributed by atoms with Crippen molar-refractivity contribution in [2.75, 3.05) is 6.61 Å². The summed E-state index contributed by atoms with van der Waals surface area (Å²) in [6, 6.07) is 15.6. The van der Waals surface area contributed by atoms with E-state index in [1.165, 1.54) is 5.56 Å². The second-order valence-electron chi connectivity index (χ2n) is 6.78. The van der Waals surface area contributed by atoms with Crippen LogP contribution in [0.4, 0.5) is 0 Å². The van der Waals surface area contributed by atoms with Crippen molar-refractivity contribution in [3.8, 4) is 5.75 Å². The van der Waals surface area contributed by atoms with Crippen molar-refractivity contribution in [2.45, 2.75) is 33.1 Å². The Morgan fingerprint density at radius 2 is 1.84 bits per heavy atom. The Balaban J connectivity index is 1.92. The summed E-state index contributed by atoms with van der Waals surface area (Å²) >= 11 is 3.50. The van der Waals surface area contributed by atoms with E-state index < -0.39 is 0 Å². The molecule has 4 nitrogen and oxygen atoms in total. The molecule has 25 heavy (non-hydrogen) atoms. The summed E-state index contributed by atoms with van der Waals surface area (Å²) < 4.78 is 6.41. The van der Waals surface area contributed by atoms with Gasteiger partial charge in [-0.3, -0.25) is 4.79 Å². The zero-order chi connectivity index (χ0) is 18.4. The fourth-order valence-electron chi connectivity index (χ4n) is 2.15. The number of rotatable bonds is 5. The fraction of sp³-hybridized carbons (Fsp3) is 0.300. The second-order valence-corrected chi connectivity index (χ2v) is 7.64. The molecule has 5 heteroatoms. The van der Waals surface area contributed by atoms with Crippen LogP contribution in [0.15, 0.2) is 58.1 Å². The highest BCUT2D eigenvalue weighted by Gasteiger charge is 2.15. The zero-order valence-electron chi connectivity index (χ0n) is 15.0. The highest BCUT2D eigenvalue weighted by Crippen LogP contribution is 2.31. The zero-order valence-corrected chi connectivity index (χ0v) is 16.6. The Hall–Kier alpha value is -2.14. The molecule has 0 aliphatic rings. The first kappa shape index (κ1) is 19.2. The predicted molar refractivity (Wildman–Crippen MR) is 105 cm³/mol. The van der Waals surface area contributed by atoms with Crippen LogP contribution in [0.3, 0.4) is 0 Å². The van der Waals surface area contributed by atoms with E-state index in [1.54, 1.807) is 0 Å². The van der Waals surface area contributed by atoms with Crippen LogP contribution in [0.25, 0.3) is 0 Å². The molecule has 2 aromatic rings. The van der Waals surface area contributed by atoms with Crippen LogP contribution >= 0.6 is 15.9 Å². The van der Waals surface area contributed by atoms with Crippen LogP contribution in [-0.2, 0) is 10.2 Å². The molecule has 0 heterocycles. The summed E-state index contributed by atoms with van der Waals surface area (Å²) in [5, 5.41) is 4.10. The topological polar surface area (TPSA) is 50.7 Å². The van der Waals surface area contributed by atoms with Crippen molar-refractivity contribution >= 4 is 27.5 Å². The van der Waals surface area contributed by atoms with Gasteiger partial charge in [0.05, 0.1) is 10.2 Å². The molecule has 1 amide bonds. The number of nitrogens with one attached hydrogen (secondary N) is 1. The monoisotopic (exact) mass is 402 g/mol. The lowest BCUT2D eigenvalue weighted by atomic mass is 9.87. The van der Waals surface area contributed by atoms with Gasteiger partial charge in [0, 0.05) is 0 Å². The van der Waals surface area contributed by atoms with E-state index in [0.717, 1.165) is 15.7 Å². The average molecular weight is 403 g/mol. The largest absolute Gasteiger partial charge is 0.483 e. The van der Waals surface area contributed by atoms with E-state index in [1.807, 2.05) is 55.5 Å². The van der Waals surface area contributed by atoms with Crippen LogP contribution < -0.4 is 10.2 Å². The molecule has 0 atom stereocenters. The minimum atomic E-state index is -0.304. The number of hydrogen-bond donors (Lipinski definition) is 1. The highest BCUT2D eigenvalue weighted by atomic mass is 79.9. The first-order valence-corrected chi connectivity index (χ1v) is 8.88. The number of halogens is 1. The van der Waals surface area contributed by atoms with Gasteiger partial charge in [-0.1, -0.05) is 57.2 Å². The van der Waals surface area contributed by atoms with Crippen LogP contribution in [0.1, 0.15) is 38.8 Å². The van der Waals surface area contributed by atoms with E-state index >= 15 is 0 Å². The van der Waals surface area contributed by atoms with E-state index in [4.69, 9.17) is 4.74 Å². The molecule has 132 valence electrons.